The van der Waals surface area contributed by atoms with Crippen molar-refractivity contribution >= 4 is 22.6 Å². The van der Waals surface area contributed by atoms with Crippen LogP contribution in [0.5, 0.6) is 0 Å². The van der Waals surface area contributed by atoms with Crippen LogP contribution >= 0.6 is 11.6 Å². The maximum atomic E-state index is 6.04. The zero-order chi connectivity index (χ0) is 14.1. The molecule has 108 valence electrons. The van der Waals surface area contributed by atoms with Gasteiger partial charge in [0, 0.05) is 22.9 Å². The summed E-state index contributed by atoms with van der Waals surface area (Å²) in [6.45, 7) is 6.00. The Morgan fingerprint density at radius 1 is 1.40 bits per heavy atom. The zero-order valence-corrected chi connectivity index (χ0v) is 12.6. The summed E-state index contributed by atoms with van der Waals surface area (Å²) < 4.78 is 11.7. The summed E-state index contributed by atoms with van der Waals surface area (Å²) in [4.78, 5) is 0. The average molecular weight is 294 g/mol. The molecule has 0 aliphatic carbocycles. The summed E-state index contributed by atoms with van der Waals surface area (Å²) in [5.74, 6) is 1.43. The predicted molar refractivity (Wildman–Crippen MR) is 81.2 cm³/mol. The van der Waals surface area contributed by atoms with Crippen LogP contribution in [0.15, 0.2) is 28.7 Å². The Kier molecular flexibility index (Phi) is 4.01. The number of nitrogens with one attached hydrogen (secondary N) is 1. The molecule has 1 N–H and O–H groups in total. The lowest BCUT2D eigenvalue weighted by molar-refractivity contribution is 0.0929. The van der Waals surface area contributed by atoms with Gasteiger partial charge in [-0.05, 0) is 44.2 Å². The maximum absolute atomic E-state index is 6.04. The largest absolute Gasteiger partial charge is 0.459 e. The third-order valence-corrected chi connectivity index (χ3v) is 4.33. The first kappa shape index (κ1) is 13.9. The lowest BCUT2D eigenvalue weighted by Gasteiger charge is -2.24. The Morgan fingerprint density at radius 3 is 2.95 bits per heavy atom. The monoisotopic (exact) mass is 293 g/mol. The van der Waals surface area contributed by atoms with Gasteiger partial charge in [-0.1, -0.05) is 18.5 Å². The van der Waals surface area contributed by atoms with Crippen molar-refractivity contribution in [3.05, 3.63) is 35.0 Å². The maximum Gasteiger partial charge on any atom is 0.134 e. The second-order valence-electron chi connectivity index (χ2n) is 5.39. The van der Waals surface area contributed by atoms with E-state index in [0.29, 0.717) is 5.92 Å². The summed E-state index contributed by atoms with van der Waals surface area (Å²) in [5, 5.41) is 5.34. The molecular formula is C16H20ClNO2. The van der Waals surface area contributed by atoms with Crippen LogP contribution in [-0.4, -0.2) is 19.3 Å². The van der Waals surface area contributed by atoms with Crippen LogP contribution in [0, 0.1) is 5.92 Å². The van der Waals surface area contributed by atoms with Crippen molar-refractivity contribution < 1.29 is 9.15 Å². The molecule has 20 heavy (non-hydrogen) atoms. The lowest BCUT2D eigenvalue weighted by atomic mass is 9.91. The normalized spacial score (nSPS) is 24.4. The Morgan fingerprint density at radius 2 is 2.25 bits per heavy atom. The van der Waals surface area contributed by atoms with E-state index in [0.717, 1.165) is 41.3 Å². The lowest BCUT2D eigenvalue weighted by Crippen LogP contribution is -2.31. The van der Waals surface area contributed by atoms with E-state index in [2.05, 4.69) is 25.2 Å². The molecule has 2 aromatic rings. The van der Waals surface area contributed by atoms with Crippen LogP contribution in [0.25, 0.3) is 11.0 Å². The molecule has 2 heterocycles. The van der Waals surface area contributed by atoms with Crippen LogP contribution in [0.3, 0.4) is 0 Å². The summed E-state index contributed by atoms with van der Waals surface area (Å²) in [6, 6.07) is 8.03. The van der Waals surface area contributed by atoms with Gasteiger partial charge >= 0.3 is 0 Å². The fourth-order valence-electron chi connectivity index (χ4n) is 3.06. The molecule has 0 spiro atoms. The van der Waals surface area contributed by atoms with Gasteiger partial charge in [-0.25, -0.2) is 0 Å². The third kappa shape index (κ3) is 2.58. The molecule has 3 nitrogen and oxygen atoms in total. The molecule has 3 rings (SSSR count). The number of hydrogen-bond donors (Lipinski definition) is 1. The first-order valence-corrected chi connectivity index (χ1v) is 7.61. The molecular weight excluding hydrogens is 274 g/mol. The number of fused-ring (bicyclic) bond motifs is 1. The molecule has 1 aromatic carbocycles. The van der Waals surface area contributed by atoms with Crippen molar-refractivity contribution in [2.75, 3.05) is 13.2 Å². The van der Waals surface area contributed by atoms with Crippen molar-refractivity contribution in [3.8, 4) is 0 Å². The number of furan rings is 1. The van der Waals surface area contributed by atoms with Gasteiger partial charge in [0.1, 0.15) is 11.3 Å². The quantitative estimate of drug-likeness (QED) is 0.919. The topological polar surface area (TPSA) is 34.4 Å². The fraction of sp³-hybridized carbons (Fsp3) is 0.500. The minimum absolute atomic E-state index is 0.198. The average Bonchev–Trinajstić information content (AvgIpc) is 3.01. The van der Waals surface area contributed by atoms with E-state index in [-0.39, 0.29) is 12.1 Å². The molecule has 1 aromatic heterocycles. The molecule has 0 radical (unpaired) electrons. The molecule has 1 fully saturated rings. The van der Waals surface area contributed by atoms with E-state index in [1.54, 1.807) is 0 Å². The van der Waals surface area contributed by atoms with E-state index >= 15 is 0 Å². The van der Waals surface area contributed by atoms with Crippen LogP contribution in [0.1, 0.15) is 32.1 Å². The summed E-state index contributed by atoms with van der Waals surface area (Å²) in [5.41, 5.74) is 0.888. The van der Waals surface area contributed by atoms with Gasteiger partial charge in [0.2, 0.25) is 0 Å². The number of benzene rings is 1. The molecule has 1 aliphatic rings. The molecule has 3 atom stereocenters. The van der Waals surface area contributed by atoms with Crippen molar-refractivity contribution in [1.29, 1.82) is 0 Å². The van der Waals surface area contributed by atoms with Gasteiger partial charge in [0.15, 0.2) is 0 Å². The second-order valence-corrected chi connectivity index (χ2v) is 5.83. The Balaban J connectivity index is 1.96. The van der Waals surface area contributed by atoms with E-state index in [1.807, 2.05) is 18.2 Å². The highest BCUT2D eigenvalue weighted by Crippen LogP contribution is 2.36. The SMILES string of the molecule is CCNC(c1cc2cc(Cl)ccc2o1)C1CCOC1C. The van der Waals surface area contributed by atoms with Crippen molar-refractivity contribution in [2.45, 2.75) is 32.4 Å². The van der Waals surface area contributed by atoms with Crippen molar-refractivity contribution in [2.24, 2.45) is 5.92 Å². The molecule has 0 amide bonds. The number of halogens is 1. The van der Waals surface area contributed by atoms with E-state index in [1.165, 1.54) is 0 Å². The van der Waals surface area contributed by atoms with Crippen LogP contribution < -0.4 is 5.32 Å². The predicted octanol–water partition coefficient (Wildman–Crippen LogP) is 4.16. The van der Waals surface area contributed by atoms with Gasteiger partial charge in [-0.15, -0.1) is 0 Å². The first-order chi connectivity index (χ1) is 9.69. The second kappa shape index (κ2) is 5.76. The summed E-state index contributed by atoms with van der Waals surface area (Å²) >= 11 is 6.04. The Labute approximate surface area is 124 Å². The molecule has 3 unspecified atom stereocenters. The molecule has 0 saturated carbocycles. The smallest absolute Gasteiger partial charge is 0.134 e. The van der Waals surface area contributed by atoms with Crippen LogP contribution in [-0.2, 0) is 4.74 Å². The van der Waals surface area contributed by atoms with Crippen LogP contribution in [0.4, 0.5) is 0 Å². The standard InChI is InChI=1S/C16H20ClNO2/c1-3-18-16(13-6-7-19-10(13)2)15-9-11-8-12(17)4-5-14(11)20-15/h4-5,8-10,13,16,18H,3,6-7H2,1-2H3. The zero-order valence-electron chi connectivity index (χ0n) is 11.9. The van der Waals surface area contributed by atoms with E-state index in [9.17, 15) is 0 Å². The number of hydrogen-bond acceptors (Lipinski definition) is 3. The van der Waals surface area contributed by atoms with E-state index in [4.69, 9.17) is 20.8 Å². The van der Waals surface area contributed by atoms with Gasteiger partial charge in [-0.3, -0.25) is 0 Å². The molecule has 1 saturated heterocycles. The molecule has 4 heteroatoms. The third-order valence-electron chi connectivity index (χ3n) is 4.09. The molecule has 0 bridgehead atoms. The minimum atomic E-state index is 0.198. The van der Waals surface area contributed by atoms with Crippen LogP contribution in [0.2, 0.25) is 5.02 Å². The van der Waals surface area contributed by atoms with Gasteiger partial charge in [0.05, 0.1) is 12.1 Å². The van der Waals surface area contributed by atoms with Crippen molar-refractivity contribution in [1.82, 2.24) is 5.32 Å². The highest BCUT2D eigenvalue weighted by atomic mass is 35.5. The molecule has 1 aliphatic heterocycles. The highest BCUT2D eigenvalue weighted by molar-refractivity contribution is 6.31. The first-order valence-electron chi connectivity index (χ1n) is 7.23. The minimum Gasteiger partial charge on any atom is -0.459 e. The highest BCUT2D eigenvalue weighted by Gasteiger charge is 2.34. The van der Waals surface area contributed by atoms with E-state index < -0.39 is 0 Å². The van der Waals surface area contributed by atoms with Gasteiger partial charge in [0.25, 0.3) is 0 Å². The number of rotatable bonds is 4. The fourth-order valence-corrected chi connectivity index (χ4v) is 3.24. The summed E-state index contributed by atoms with van der Waals surface area (Å²) in [6.07, 6.45) is 1.33. The van der Waals surface area contributed by atoms with Crippen molar-refractivity contribution in [3.63, 3.8) is 0 Å². The number of ether oxygens (including phenoxy) is 1. The Hall–Kier alpha value is -1.03. The van der Waals surface area contributed by atoms with Gasteiger partial charge in [-0.2, -0.15) is 0 Å². The summed E-state index contributed by atoms with van der Waals surface area (Å²) in [7, 11) is 0. The Bertz CT molecular complexity index is 595. The van der Waals surface area contributed by atoms with Gasteiger partial charge < -0.3 is 14.5 Å².